The van der Waals surface area contributed by atoms with Crippen LogP contribution in [0.25, 0.3) is 10.9 Å². The smallest absolute Gasteiger partial charge is 0.444 e. The molecule has 2 rings (SSSR count). The number of aromatic amines is 1. The predicted molar refractivity (Wildman–Crippen MR) is 100 cm³/mol. The number of halogens is 3. The Morgan fingerprint density at radius 1 is 1.07 bits per heavy atom. The van der Waals surface area contributed by atoms with Crippen molar-refractivity contribution in [3.8, 4) is 0 Å². The number of hydrogen-bond acceptors (Lipinski definition) is 5. The second-order valence-corrected chi connectivity index (χ2v) is 7.45. The third-order valence-electron chi connectivity index (χ3n) is 3.69. The molecule has 1 aromatic carbocycles. The molecule has 0 radical (unpaired) electrons. The van der Waals surface area contributed by atoms with Gasteiger partial charge in [-0.3, -0.25) is 4.79 Å². The van der Waals surface area contributed by atoms with Crippen molar-refractivity contribution in [2.24, 2.45) is 0 Å². The molecule has 30 heavy (non-hydrogen) atoms. The first-order chi connectivity index (χ1) is 13.8. The maximum Gasteiger partial charge on any atom is 0.490 e. The molecule has 2 unspecified atom stereocenters. The molecule has 8 nitrogen and oxygen atoms in total. The number of nitrogens with one attached hydrogen (secondary N) is 3. The molecule has 1 aromatic heterocycles. The lowest BCUT2D eigenvalue weighted by Gasteiger charge is -2.24. The number of alkyl halides is 3. The summed E-state index contributed by atoms with van der Waals surface area (Å²) in [6, 6.07) is 6.51. The number of hydrogen-bond donors (Lipinski definition) is 3. The van der Waals surface area contributed by atoms with E-state index in [0.29, 0.717) is 10.9 Å². The van der Waals surface area contributed by atoms with Gasteiger partial charge in [0.25, 0.3) is 5.91 Å². The van der Waals surface area contributed by atoms with Crippen LogP contribution in [-0.2, 0) is 19.1 Å². The second kappa shape index (κ2) is 8.64. The summed E-state index contributed by atoms with van der Waals surface area (Å²) in [6.45, 7) is 6.29. The number of carbonyl (C=O) groups is 3. The lowest BCUT2D eigenvalue weighted by atomic mass is 10.1. The number of carbonyl (C=O) groups excluding carboxylic acids is 3. The Balaban J connectivity index is 2.23. The van der Waals surface area contributed by atoms with Gasteiger partial charge in [0.2, 0.25) is 6.10 Å². The number of benzene rings is 1. The van der Waals surface area contributed by atoms with Gasteiger partial charge in [0, 0.05) is 22.7 Å². The number of fused-ring (bicyclic) bond motifs is 1. The fourth-order valence-electron chi connectivity index (χ4n) is 2.55. The lowest BCUT2D eigenvalue weighted by Crippen LogP contribution is -2.49. The van der Waals surface area contributed by atoms with Crippen molar-refractivity contribution in [2.45, 2.75) is 51.7 Å². The fraction of sp³-hybridized carbons (Fsp3) is 0.421. The molecule has 0 fully saturated rings. The molecule has 2 aromatic rings. The Labute approximate surface area is 170 Å². The minimum Gasteiger partial charge on any atom is -0.444 e. The van der Waals surface area contributed by atoms with Gasteiger partial charge in [-0.25, -0.2) is 9.59 Å². The molecule has 0 aliphatic carbocycles. The number of esters is 1. The van der Waals surface area contributed by atoms with Crippen LogP contribution in [0.3, 0.4) is 0 Å². The number of ether oxygens (including phenoxy) is 2. The maximum absolute atomic E-state index is 12.7. The number of rotatable bonds is 5. The molecule has 0 spiro atoms. The minimum atomic E-state index is -5.29. The van der Waals surface area contributed by atoms with E-state index in [1.165, 1.54) is 13.1 Å². The summed E-state index contributed by atoms with van der Waals surface area (Å²) < 4.78 is 47.7. The van der Waals surface area contributed by atoms with Gasteiger partial charge in [0.15, 0.2) is 0 Å². The second-order valence-electron chi connectivity index (χ2n) is 7.45. The van der Waals surface area contributed by atoms with E-state index >= 15 is 0 Å². The fourth-order valence-corrected chi connectivity index (χ4v) is 2.55. The van der Waals surface area contributed by atoms with Gasteiger partial charge < -0.3 is 25.1 Å². The Morgan fingerprint density at radius 3 is 2.30 bits per heavy atom. The molecule has 1 heterocycles. The molecule has 2 atom stereocenters. The van der Waals surface area contributed by atoms with E-state index in [4.69, 9.17) is 4.74 Å². The van der Waals surface area contributed by atoms with Crippen LogP contribution in [0.15, 0.2) is 30.5 Å². The van der Waals surface area contributed by atoms with E-state index in [1.807, 2.05) is 0 Å². The highest BCUT2D eigenvalue weighted by molar-refractivity contribution is 5.93. The highest BCUT2D eigenvalue weighted by Gasteiger charge is 2.44. The van der Waals surface area contributed by atoms with Crippen LogP contribution in [0.1, 0.15) is 39.4 Å². The van der Waals surface area contributed by atoms with Crippen molar-refractivity contribution in [1.82, 2.24) is 15.6 Å². The average Bonchev–Trinajstić information content (AvgIpc) is 3.00. The molecule has 2 amide bonds. The minimum absolute atomic E-state index is 0.0326. The molecular formula is C19H22F3N3O5. The van der Waals surface area contributed by atoms with Gasteiger partial charge in [0.1, 0.15) is 11.8 Å². The largest absolute Gasteiger partial charge is 0.490 e. The first-order valence-corrected chi connectivity index (χ1v) is 8.91. The molecule has 164 valence electrons. The average molecular weight is 429 g/mol. The van der Waals surface area contributed by atoms with Crippen LogP contribution < -0.4 is 10.6 Å². The van der Waals surface area contributed by atoms with Crippen molar-refractivity contribution in [1.29, 1.82) is 0 Å². The van der Waals surface area contributed by atoms with Gasteiger partial charge >= 0.3 is 18.2 Å². The van der Waals surface area contributed by atoms with E-state index in [-0.39, 0.29) is 5.56 Å². The summed E-state index contributed by atoms with van der Waals surface area (Å²) >= 11 is 0. The van der Waals surface area contributed by atoms with Crippen LogP contribution >= 0.6 is 0 Å². The molecule has 0 aliphatic rings. The van der Waals surface area contributed by atoms with Crippen molar-refractivity contribution in [3.05, 3.63) is 36.0 Å². The lowest BCUT2D eigenvalue weighted by molar-refractivity contribution is -0.205. The predicted octanol–water partition coefficient (Wildman–Crippen LogP) is 3.30. The summed E-state index contributed by atoms with van der Waals surface area (Å²) in [5, 5.41) is 5.02. The van der Waals surface area contributed by atoms with Crippen molar-refractivity contribution < 1.29 is 37.0 Å². The zero-order valence-electron chi connectivity index (χ0n) is 16.7. The molecule has 0 bridgehead atoms. The van der Waals surface area contributed by atoms with Crippen molar-refractivity contribution in [3.63, 3.8) is 0 Å². The van der Waals surface area contributed by atoms with Crippen molar-refractivity contribution in [2.75, 3.05) is 0 Å². The standard InChI is InChI=1S/C19H22F3N3O5/c1-10(25-17(28)30-18(2,3)4)24-15(26)14(29-16(27)19(20,21)22)12-9-23-13-8-6-5-7-11(12)13/h5-10,14,23H,1-4H3,(H,24,26)(H,25,28). The number of alkyl carbamates (subject to hydrolysis) is 1. The number of H-pyrrole nitrogens is 1. The monoisotopic (exact) mass is 429 g/mol. The summed E-state index contributed by atoms with van der Waals surface area (Å²) in [4.78, 5) is 38.7. The van der Waals surface area contributed by atoms with Gasteiger partial charge in [-0.2, -0.15) is 13.2 Å². The summed E-state index contributed by atoms with van der Waals surface area (Å²) in [5.74, 6) is -3.57. The topological polar surface area (TPSA) is 110 Å². The van der Waals surface area contributed by atoms with Crippen LogP contribution in [0, 0.1) is 0 Å². The third-order valence-corrected chi connectivity index (χ3v) is 3.69. The highest BCUT2D eigenvalue weighted by atomic mass is 19.4. The van der Waals surface area contributed by atoms with Crippen LogP contribution in [-0.4, -0.2) is 40.9 Å². The van der Waals surface area contributed by atoms with E-state index in [1.54, 1.807) is 45.0 Å². The SMILES string of the molecule is CC(NC(=O)OC(C)(C)C)NC(=O)C(OC(=O)C(F)(F)F)c1c[nH]c2ccccc12. The van der Waals surface area contributed by atoms with Gasteiger partial charge in [-0.15, -0.1) is 0 Å². The van der Waals surface area contributed by atoms with Crippen LogP contribution in [0.5, 0.6) is 0 Å². The van der Waals surface area contributed by atoms with E-state index in [9.17, 15) is 27.6 Å². The maximum atomic E-state index is 12.7. The van der Waals surface area contributed by atoms with Crippen molar-refractivity contribution >= 4 is 28.9 Å². The normalized spacial score (nSPS) is 14.0. The molecule has 0 aliphatic heterocycles. The Kier molecular flexibility index (Phi) is 6.63. The first-order valence-electron chi connectivity index (χ1n) is 8.91. The van der Waals surface area contributed by atoms with Crippen LogP contribution in [0.2, 0.25) is 0 Å². The summed E-state index contributed by atoms with van der Waals surface area (Å²) in [5.41, 5.74) is -0.221. The summed E-state index contributed by atoms with van der Waals surface area (Å²) in [7, 11) is 0. The molecule has 3 N–H and O–H groups in total. The van der Waals surface area contributed by atoms with E-state index in [0.717, 1.165) is 0 Å². The first kappa shape index (κ1) is 23.0. The molecule has 0 saturated carbocycles. The van der Waals surface area contributed by atoms with E-state index in [2.05, 4.69) is 20.4 Å². The Hall–Kier alpha value is -3.24. The van der Waals surface area contributed by atoms with Crippen LogP contribution in [0.4, 0.5) is 18.0 Å². The molecule has 0 saturated heterocycles. The number of amides is 2. The molecular weight excluding hydrogens is 407 g/mol. The van der Waals surface area contributed by atoms with Gasteiger partial charge in [-0.05, 0) is 33.8 Å². The van der Waals surface area contributed by atoms with Gasteiger partial charge in [0.05, 0.1) is 0 Å². The summed E-state index contributed by atoms with van der Waals surface area (Å²) in [6.07, 6.45) is -7.77. The zero-order valence-corrected chi connectivity index (χ0v) is 16.7. The quantitative estimate of drug-likeness (QED) is 0.499. The Bertz CT molecular complexity index is 933. The third kappa shape index (κ3) is 6.13. The number of para-hydroxylation sites is 1. The zero-order chi connectivity index (χ0) is 22.7. The van der Waals surface area contributed by atoms with Gasteiger partial charge in [-0.1, -0.05) is 18.2 Å². The molecule has 11 heteroatoms. The highest BCUT2D eigenvalue weighted by Crippen LogP contribution is 2.29. The number of aromatic nitrogens is 1. The Morgan fingerprint density at radius 2 is 1.70 bits per heavy atom. The van der Waals surface area contributed by atoms with E-state index < -0.39 is 42.0 Å².